The van der Waals surface area contributed by atoms with E-state index in [0.717, 1.165) is 0 Å². The lowest BCUT2D eigenvalue weighted by atomic mass is 10.4. The van der Waals surface area contributed by atoms with Crippen LogP contribution in [0.3, 0.4) is 0 Å². The molecule has 1 aromatic rings. The van der Waals surface area contributed by atoms with Crippen molar-refractivity contribution in [1.82, 2.24) is 10.5 Å². The summed E-state index contributed by atoms with van der Waals surface area (Å²) in [7, 11) is 0. The summed E-state index contributed by atoms with van der Waals surface area (Å²) in [5.41, 5.74) is 0. The first-order valence-corrected chi connectivity index (χ1v) is 4.13. The molecule has 1 aromatic heterocycles. The van der Waals surface area contributed by atoms with Crippen LogP contribution in [-0.4, -0.2) is 22.7 Å². The lowest BCUT2D eigenvalue weighted by molar-refractivity contribution is -0.115. The van der Waals surface area contributed by atoms with E-state index in [-0.39, 0.29) is 12.5 Å². The van der Waals surface area contributed by atoms with Gasteiger partial charge in [-0.05, 0) is 19.1 Å². The van der Waals surface area contributed by atoms with E-state index < -0.39 is 0 Å². The molecule has 1 N–H and O–H groups in total. The third-order valence-corrected chi connectivity index (χ3v) is 2.01. The highest BCUT2D eigenvalue weighted by Crippen LogP contribution is 2.16. The molecule has 1 aliphatic rings. The molecule has 0 spiro atoms. The van der Waals surface area contributed by atoms with Crippen LogP contribution in [-0.2, 0) is 4.79 Å². The molecule has 1 aliphatic heterocycles. The topological polar surface area (TPSA) is 58.4 Å². The van der Waals surface area contributed by atoms with Crippen molar-refractivity contribution < 1.29 is 9.32 Å². The lowest BCUT2D eigenvalue weighted by Crippen LogP contribution is -2.30. The number of rotatable bonds is 1. The second kappa shape index (κ2) is 2.81. The number of aryl methyl sites for hydroxylation is 1. The molecule has 6 heteroatoms. The maximum Gasteiger partial charge on any atom is 0.254 e. The molecule has 1 saturated heterocycles. The maximum absolute atomic E-state index is 11.3. The molecule has 0 bridgehead atoms. The average molecular weight is 197 g/mol. The number of thiocarbonyl (C=S) groups is 1. The molecule has 0 aromatic carbocycles. The van der Waals surface area contributed by atoms with Gasteiger partial charge in [-0.3, -0.25) is 4.79 Å². The summed E-state index contributed by atoms with van der Waals surface area (Å²) < 4.78 is 4.84. The van der Waals surface area contributed by atoms with Crippen LogP contribution >= 0.6 is 12.2 Å². The Kier molecular flexibility index (Phi) is 1.77. The summed E-state index contributed by atoms with van der Waals surface area (Å²) in [6, 6.07) is 1.66. The monoisotopic (exact) mass is 197 g/mol. The van der Waals surface area contributed by atoms with E-state index in [4.69, 9.17) is 16.7 Å². The van der Waals surface area contributed by atoms with Gasteiger partial charge in [-0.15, -0.1) is 0 Å². The molecule has 1 amide bonds. The zero-order valence-electron chi connectivity index (χ0n) is 6.90. The smallest absolute Gasteiger partial charge is 0.254 e. The molecule has 68 valence electrons. The highest BCUT2D eigenvalue weighted by molar-refractivity contribution is 7.80. The summed E-state index contributed by atoms with van der Waals surface area (Å²) in [6.07, 6.45) is 0. The van der Waals surface area contributed by atoms with Crippen LogP contribution in [0.2, 0.25) is 0 Å². The van der Waals surface area contributed by atoms with E-state index in [1.54, 1.807) is 13.0 Å². The van der Waals surface area contributed by atoms with Crippen LogP contribution in [0.1, 0.15) is 5.76 Å². The summed E-state index contributed by atoms with van der Waals surface area (Å²) >= 11 is 4.92. The minimum absolute atomic E-state index is 0.113. The number of hydrogen-bond acceptors (Lipinski definition) is 4. The fraction of sp³-hybridized carbons (Fsp3) is 0.286. The van der Waals surface area contributed by atoms with Gasteiger partial charge >= 0.3 is 0 Å². The standard InChI is InChI=1S/C7H7N3O2S/c1-4-2-5(9-12-4)10-6(11)3-8-7(10)13/h2H,3H2,1H3,(H,8,13). The van der Waals surface area contributed by atoms with Crippen molar-refractivity contribution in [3.8, 4) is 0 Å². The Morgan fingerprint density at radius 3 is 3.00 bits per heavy atom. The number of anilines is 1. The first-order chi connectivity index (χ1) is 6.18. The van der Waals surface area contributed by atoms with Crippen molar-refractivity contribution >= 4 is 29.1 Å². The van der Waals surface area contributed by atoms with E-state index in [1.165, 1.54) is 4.90 Å². The second-order valence-electron chi connectivity index (χ2n) is 2.68. The molecule has 2 heterocycles. The predicted octanol–water partition coefficient (Wildman–Crippen LogP) is 0.204. The Hall–Kier alpha value is -1.43. The van der Waals surface area contributed by atoms with Crippen molar-refractivity contribution in [2.45, 2.75) is 6.92 Å². The van der Waals surface area contributed by atoms with Crippen molar-refractivity contribution in [3.63, 3.8) is 0 Å². The minimum atomic E-state index is -0.113. The zero-order valence-corrected chi connectivity index (χ0v) is 7.72. The fourth-order valence-corrected chi connectivity index (χ4v) is 1.38. The molecular formula is C7H7N3O2S. The number of hydrogen-bond donors (Lipinski definition) is 1. The van der Waals surface area contributed by atoms with Gasteiger partial charge in [0.25, 0.3) is 5.91 Å². The van der Waals surface area contributed by atoms with Gasteiger partial charge in [0, 0.05) is 6.07 Å². The first kappa shape index (κ1) is 8.18. The SMILES string of the molecule is Cc1cc(N2C(=O)CNC2=S)no1. The number of nitrogens with one attached hydrogen (secondary N) is 1. The van der Waals surface area contributed by atoms with E-state index in [2.05, 4.69) is 10.5 Å². The summed E-state index contributed by atoms with van der Waals surface area (Å²) in [6.45, 7) is 1.98. The largest absolute Gasteiger partial charge is 0.360 e. The van der Waals surface area contributed by atoms with Gasteiger partial charge in [0.2, 0.25) is 0 Å². The van der Waals surface area contributed by atoms with Gasteiger partial charge < -0.3 is 9.84 Å². The van der Waals surface area contributed by atoms with Crippen LogP contribution in [0.4, 0.5) is 5.82 Å². The van der Waals surface area contributed by atoms with Crippen LogP contribution in [0, 0.1) is 6.92 Å². The third-order valence-electron chi connectivity index (χ3n) is 1.69. The van der Waals surface area contributed by atoms with Crippen LogP contribution in [0.25, 0.3) is 0 Å². The molecule has 13 heavy (non-hydrogen) atoms. The lowest BCUT2D eigenvalue weighted by Gasteiger charge is -2.08. The fourth-order valence-electron chi connectivity index (χ4n) is 1.11. The van der Waals surface area contributed by atoms with Crippen molar-refractivity contribution in [2.24, 2.45) is 0 Å². The predicted molar refractivity (Wildman–Crippen MR) is 49.3 cm³/mol. The molecule has 0 aliphatic carbocycles. The Morgan fingerprint density at radius 1 is 1.77 bits per heavy atom. The molecular weight excluding hydrogens is 190 g/mol. The van der Waals surface area contributed by atoms with Gasteiger partial charge in [-0.1, -0.05) is 5.16 Å². The van der Waals surface area contributed by atoms with Crippen LogP contribution < -0.4 is 10.2 Å². The van der Waals surface area contributed by atoms with Crippen LogP contribution in [0.15, 0.2) is 10.6 Å². The number of nitrogens with zero attached hydrogens (tertiary/aromatic N) is 2. The van der Waals surface area contributed by atoms with E-state index in [1.807, 2.05) is 0 Å². The first-order valence-electron chi connectivity index (χ1n) is 3.72. The Morgan fingerprint density at radius 2 is 2.54 bits per heavy atom. The van der Waals surface area contributed by atoms with Crippen LogP contribution in [0.5, 0.6) is 0 Å². The Labute approximate surface area is 79.7 Å². The zero-order chi connectivity index (χ0) is 9.42. The van der Waals surface area contributed by atoms with E-state index >= 15 is 0 Å². The Bertz CT molecular complexity index is 358. The number of amides is 1. The minimum Gasteiger partial charge on any atom is -0.360 e. The highest BCUT2D eigenvalue weighted by atomic mass is 32.1. The molecule has 2 rings (SSSR count). The highest BCUT2D eigenvalue weighted by Gasteiger charge is 2.28. The number of aromatic nitrogens is 1. The third kappa shape index (κ3) is 1.29. The molecule has 5 nitrogen and oxygen atoms in total. The number of carbonyl (C=O) groups excluding carboxylic acids is 1. The normalized spacial score (nSPS) is 16.5. The second-order valence-corrected chi connectivity index (χ2v) is 3.07. The molecule has 0 radical (unpaired) electrons. The summed E-state index contributed by atoms with van der Waals surface area (Å²) in [5.74, 6) is 0.980. The number of carbonyl (C=O) groups is 1. The van der Waals surface area contributed by atoms with Gasteiger partial charge in [-0.2, -0.15) is 0 Å². The quantitative estimate of drug-likeness (QED) is 0.652. The summed E-state index contributed by atoms with van der Waals surface area (Å²) in [5, 5.41) is 6.83. The van der Waals surface area contributed by atoms with Gasteiger partial charge in [0.15, 0.2) is 10.9 Å². The van der Waals surface area contributed by atoms with Crippen molar-refractivity contribution in [2.75, 3.05) is 11.4 Å². The molecule has 0 saturated carbocycles. The van der Waals surface area contributed by atoms with Crippen molar-refractivity contribution in [3.05, 3.63) is 11.8 Å². The Balaban J connectivity index is 2.35. The van der Waals surface area contributed by atoms with E-state index in [0.29, 0.717) is 16.7 Å². The van der Waals surface area contributed by atoms with Gasteiger partial charge in [0.1, 0.15) is 5.76 Å². The van der Waals surface area contributed by atoms with Gasteiger partial charge in [-0.25, -0.2) is 4.90 Å². The van der Waals surface area contributed by atoms with Gasteiger partial charge in [0.05, 0.1) is 6.54 Å². The summed E-state index contributed by atoms with van der Waals surface area (Å²) in [4.78, 5) is 12.6. The average Bonchev–Trinajstić information content (AvgIpc) is 2.60. The van der Waals surface area contributed by atoms with E-state index in [9.17, 15) is 4.79 Å². The maximum atomic E-state index is 11.3. The molecule has 0 unspecified atom stereocenters. The van der Waals surface area contributed by atoms with Crippen molar-refractivity contribution in [1.29, 1.82) is 0 Å². The molecule has 0 atom stereocenters. The molecule has 1 fully saturated rings.